The van der Waals surface area contributed by atoms with E-state index in [1.165, 1.54) is 28.0 Å². The maximum atomic E-state index is 13.4. The third-order valence-electron chi connectivity index (χ3n) is 5.94. The average Bonchev–Trinajstić information content (AvgIpc) is 3.50. The molecule has 11 heteroatoms. The summed E-state index contributed by atoms with van der Waals surface area (Å²) in [5, 5.41) is 21.0. The van der Waals surface area contributed by atoms with E-state index in [0.717, 1.165) is 5.56 Å². The fourth-order valence-corrected chi connectivity index (χ4v) is 6.60. The largest absolute Gasteiger partial charge is 0.507 e. The van der Waals surface area contributed by atoms with Crippen LogP contribution < -0.4 is 9.64 Å². The van der Waals surface area contributed by atoms with Gasteiger partial charge in [-0.2, -0.15) is 0 Å². The first-order valence-corrected chi connectivity index (χ1v) is 14.4. The zero-order valence-electron chi connectivity index (χ0n) is 20.5. The number of benzene rings is 3. The molecule has 198 valence electrons. The van der Waals surface area contributed by atoms with E-state index in [2.05, 4.69) is 10.2 Å². The van der Waals surface area contributed by atoms with Gasteiger partial charge < -0.3 is 9.84 Å². The number of amides is 1. The molecule has 39 heavy (non-hydrogen) atoms. The van der Waals surface area contributed by atoms with Crippen LogP contribution in [0.15, 0.2) is 82.7 Å². The number of aliphatic hydroxyl groups is 1. The number of rotatable bonds is 8. The number of Topliss-reactive ketones (excluding diaryl/α,β-unsaturated/α-hetero) is 1. The van der Waals surface area contributed by atoms with Gasteiger partial charge in [-0.05, 0) is 42.3 Å². The Balaban J connectivity index is 1.54. The zero-order valence-corrected chi connectivity index (χ0v) is 23.7. The average molecular weight is 599 g/mol. The van der Waals surface area contributed by atoms with Crippen molar-refractivity contribution in [2.24, 2.45) is 0 Å². The minimum Gasteiger partial charge on any atom is -0.507 e. The van der Waals surface area contributed by atoms with Gasteiger partial charge in [0.15, 0.2) is 4.34 Å². The molecule has 0 aliphatic carbocycles. The summed E-state index contributed by atoms with van der Waals surface area (Å²) >= 11 is 14.9. The minimum atomic E-state index is -0.929. The van der Waals surface area contributed by atoms with Gasteiger partial charge in [-0.25, -0.2) is 0 Å². The monoisotopic (exact) mass is 597 g/mol. The maximum absolute atomic E-state index is 13.4. The lowest BCUT2D eigenvalue weighted by atomic mass is 9.95. The van der Waals surface area contributed by atoms with Crippen LogP contribution in [0.5, 0.6) is 5.75 Å². The number of ketones is 1. The molecule has 0 saturated carbocycles. The second-order valence-electron chi connectivity index (χ2n) is 8.42. The quantitative estimate of drug-likeness (QED) is 0.0756. The molecular weight excluding hydrogens is 577 g/mol. The molecule has 5 rings (SSSR count). The lowest BCUT2D eigenvalue weighted by molar-refractivity contribution is -0.132. The van der Waals surface area contributed by atoms with Crippen LogP contribution in [0.4, 0.5) is 5.13 Å². The van der Waals surface area contributed by atoms with Gasteiger partial charge in [0.2, 0.25) is 5.13 Å². The van der Waals surface area contributed by atoms with Crippen molar-refractivity contribution in [1.29, 1.82) is 0 Å². The molecule has 0 spiro atoms. The van der Waals surface area contributed by atoms with Crippen molar-refractivity contribution in [1.82, 2.24) is 10.2 Å². The summed E-state index contributed by atoms with van der Waals surface area (Å²) in [4.78, 5) is 28.1. The molecule has 1 saturated heterocycles. The smallest absolute Gasteiger partial charge is 0.301 e. The van der Waals surface area contributed by atoms with Crippen molar-refractivity contribution in [3.8, 4) is 5.75 Å². The number of nitrogens with zero attached hydrogens (tertiary/aromatic N) is 3. The van der Waals surface area contributed by atoms with Gasteiger partial charge in [-0.1, -0.05) is 94.8 Å². The van der Waals surface area contributed by atoms with Crippen molar-refractivity contribution in [2.45, 2.75) is 23.1 Å². The van der Waals surface area contributed by atoms with Crippen molar-refractivity contribution < 1.29 is 19.4 Å². The molecule has 0 bridgehead atoms. The molecule has 1 aliphatic rings. The van der Waals surface area contributed by atoms with Gasteiger partial charge in [0.05, 0.1) is 18.2 Å². The molecule has 1 fully saturated rings. The maximum Gasteiger partial charge on any atom is 0.301 e. The molecule has 0 radical (unpaired) electrons. The van der Waals surface area contributed by atoms with Crippen LogP contribution in [0.2, 0.25) is 10.0 Å². The van der Waals surface area contributed by atoms with Crippen LogP contribution >= 0.6 is 46.3 Å². The first-order valence-electron chi connectivity index (χ1n) is 11.9. The van der Waals surface area contributed by atoms with E-state index in [9.17, 15) is 14.7 Å². The molecule has 1 amide bonds. The van der Waals surface area contributed by atoms with Crippen LogP contribution in [0, 0.1) is 0 Å². The Hall–Kier alpha value is -3.37. The number of aromatic nitrogens is 2. The van der Waals surface area contributed by atoms with E-state index in [0.29, 0.717) is 43.6 Å². The molecule has 3 aromatic carbocycles. The normalized spacial score (nSPS) is 16.6. The third-order valence-corrected chi connectivity index (χ3v) is 8.64. The summed E-state index contributed by atoms with van der Waals surface area (Å²) in [6.45, 7) is 2.31. The van der Waals surface area contributed by atoms with E-state index in [1.807, 2.05) is 13.0 Å². The van der Waals surface area contributed by atoms with E-state index in [1.54, 1.807) is 66.7 Å². The first kappa shape index (κ1) is 27.2. The Morgan fingerprint density at radius 1 is 1.05 bits per heavy atom. The van der Waals surface area contributed by atoms with Crippen LogP contribution in [0.3, 0.4) is 0 Å². The Morgan fingerprint density at radius 3 is 2.59 bits per heavy atom. The molecule has 1 aromatic heterocycles. The van der Waals surface area contributed by atoms with Crippen LogP contribution in [-0.4, -0.2) is 33.6 Å². The summed E-state index contributed by atoms with van der Waals surface area (Å²) in [5.41, 5.74) is 1.86. The standard InChI is InChI=1S/C28H21Cl2N3O4S2/c1-2-37-20-10-6-9-17(13-20)23-22(24(34)16-7-4-3-5-8-16)25(35)26(36)33(23)27-31-32-28(39-27)38-15-18-11-12-19(29)14-21(18)30/h3-14,23,34H,2,15H2,1H3/b24-22+. The zero-order chi connectivity index (χ0) is 27.5. The van der Waals surface area contributed by atoms with Crippen LogP contribution in [-0.2, 0) is 15.3 Å². The van der Waals surface area contributed by atoms with E-state index >= 15 is 0 Å². The SMILES string of the molecule is CCOc1cccc(C2/C(=C(\O)c3ccccc3)C(=O)C(=O)N2c2nnc(SCc3ccc(Cl)cc3Cl)s2)c1. The van der Waals surface area contributed by atoms with Gasteiger partial charge in [-0.3, -0.25) is 14.5 Å². The predicted molar refractivity (Wildman–Crippen MR) is 155 cm³/mol. The van der Waals surface area contributed by atoms with E-state index in [-0.39, 0.29) is 16.5 Å². The summed E-state index contributed by atoms with van der Waals surface area (Å²) < 4.78 is 6.25. The molecule has 1 atom stereocenters. The highest BCUT2D eigenvalue weighted by Gasteiger charge is 2.48. The summed E-state index contributed by atoms with van der Waals surface area (Å²) in [6, 6.07) is 20.1. The predicted octanol–water partition coefficient (Wildman–Crippen LogP) is 7.16. The number of aliphatic hydroxyl groups excluding tert-OH is 1. The number of halogens is 2. The number of anilines is 1. The molecule has 7 nitrogen and oxygen atoms in total. The lowest BCUT2D eigenvalue weighted by Gasteiger charge is -2.23. The number of hydrogen-bond acceptors (Lipinski definition) is 8. The van der Waals surface area contributed by atoms with E-state index < -0.39 is 17.7 Å². The number of carbonyl (C=O) groups excluding carboxylic acids is 2. The molecule has 2 heterocycles. The van der Waals surface area contributed by atoms with Crippen LogP contribution in [0.1, 0.15) is 29.7 Å². The fraction of sp³-hybridized carbons (Fsp3) is 0.143. The van der Waals surface area contributed by atoms with Crippen molar-refractivity contribution >= 4 is 68.9 Å². The lowest BCUT2D eigenvalue weighted by Crippen LogP contribution is -2.29. The molecule has 4 aromatic rings. The minimum absolute atomic E-state index is 0.0304. The summed E-state index contributed by atoms with van der Waals surface area (Å²) in [7, 11) is 0. The highest BCUT2D eigenvalue weighted by atomic mass is 35.5. The molecular formula is C28H21Cl2N3O4S2. The van der Waals surface area contributed by atoms with Gasteiger partial charge in [0.1, 0.15) is 11.5 Å². The van der Waals surface area contributed by atoms with Gasteiger partial charge in [-0.15, -0.1) is 10.2 Å². The van der Waals surface area contributed by atoms with Crippen molar-refractivity contribution in [2.75, 3.05) is 11.5 Å². The summed E-state index contributed by atoms with van der Waals surface area (Å²) in [6.07, 6.45) is 0. The Kier molecular flexibility index (Phi) is 8.23. The molecule has 1 N–H and O–H groups in total. The number of ether oxygens (including phenoxy) is 1. The fourth-order valence-electron chi connectivity index (χ4n) is 4.17. The Bertz CT molecular complexity index is 1580. The molecule has 1 unspecified atom stereocenters. The topological polar surface area (TPSA) is 92.6 Å². The highest BCUT2D eigenvalue weighted by molar-refractivity contribution is 8.00. The van der Waals surface area contributed by atoms with Gasteiger partial charge in [0.25, 0.3) is 5.78 Å². The first-order chi connectivity index (χ1) is 18.9. The van der Waals surface area contributed by atoms with Gasteiger partial charge >= 0.3 is 5.91 Å². The van der Waals surface area contributed by atoms with Crippen molar-refractivity contribution in [3.05, 3.63) is 105 Å². The summed E-state index contributed by atoms with van der Waals surface area (Å²) in [5.74, 6) is -0.779. The van der Waals surface area contributed by atoms with E-state index in [4.69, 9.17) is 27.9 Å². The second-order valence-corrected chi connectivity index (χ2v) is 11.4. The number of hydrogen-bond donors (Lipinski definition) is 1. The number of thioether (sulfide) groups is 1. The van der Waals surface area contributed by atoms with Crippen LogP contribution in [0.25, 0.3) is 5.76 Å². The van der Waals surface area contributed by atoms with Gasteiger partial charge in [0, 0.05) is 21.4 Å². The Morgan fingerprint density at radius 2 is 1.85 bits per heavy atom. The third kappa shape index (κ3) is 5.67. The Labute approximate surface area is 243 Å². The number of carbonyl (C=O) groups is 2. The highest BCUT2D eigenvalue weighted by Crippen LogP contribution is 2.44. The van der Waals surface area contributed by atoms with Crippen molar-refractivity contribution in [3.63, 3.8) is 0 Å². The second kappa shape index (κ2) is 11.8. The molecule has 1 aliphatic heterocycles.